The summed E-state index contributed by atoms with van der Waals surface area (Å²) >= 11 is 0. The molecule has 0 aliphatic carbocycles. The van der Waals surface area contributed by atoms with Crippen molar-refractivity contribution in [3.05, 3.63) is 78.1 Å². The van der Waals surface area contributed by atoms with Gasteiger partial charge in [-0.3, -0.25) is 9.89 Å². The molecule has 0 radical (unpaired) electrons. The topological polar surface area (TPSA) is 92.4 Å². The molecule has 4 aromatic rings. The van der Waals surface area contributed by atoms with E-state index in [0.717, 1.165) is 28.8 Å². The average molecular weight is 458 g/mol. The van der Waals surface area contributed by atoms with E-state index in [-0.39, 0.29) is 11.8 Å². The number of rotatable bonds is 6. The molecule has 0 saturated carbocycles. The number of nitrogens with zero attached hydrogens (tertiary/aromatic N) is 3. The molecule has 2 aromatic heterocycles. The lowest BCUT2D eigenvalue weighted by Crippen LogP contribution is -2.36. The maximum atomic E-state index is 13.6. The Hall–Kier alpha value is -3.91. The number of benzene rings is 2. The lowest BCUT2D eigenvalue weighted by atomic mass is 9.97. The molecule has 174 valence electrons. The minimum absolute atomic E-state index is 0.0597. The largest absolute Gasteiger partial charge is 0.497 e. The molecular weight excluding hydrogens is 430 g/mol. The first-order chi connectivity index (χ1) is 16.7. The Balaban J connectivity index is 1.35. The van der Waals surface area contributed by atoms with Gasteiger partial charge >= 0.3 is 0 Å². The second kappa shape index (κ2) is 9.93. The van der Waals surface area contributed by atoms with Crippen molar-refractivity contribution in [1.82, 2.24) is 20.1 Å². The van der Waals surface area contributed by atoms with Gasteiger partial charge in [0.2, 0.25) is 0 Å². The maximum absolute atomic E-state index is 13.6. The molecule has 1 fully saturated rings. The SMILES string of the molecule is COc1cccc(Nc2ncccc2C(=O)N2CCOC[C@H](Cc3cccc4[nH]ncc34)C2)c1. The van der Waals surface area contributed by atoms with E-state index in [1.165, 1.54) is 5.56 Å². The summed E-state index contributed by atoms with van der Waals surface area (Å²) in [5.74, 6) is 1.37. The van der Waals surface area contributed by atoms with Crippen LogP contribution in [0.3, 0.4) is 0 Å². The third-order valence-corrected chi connectivity index (χ3v) is 6.08. The predicted molar refractivity (Wildman–Crippen MR) is 131 cm³/mol. The second-order valence-corrected chi connectivity index (χ2v) is 8.40. The maximum Gasteiger partial charge on any atom is 0.257 e. The van der Waals surface area contributed by atoms with Gasteiger partial charge in [0.15, 0.2) is 0 Å². The van der Waals surface area contributed by atoms with E-state index < -0.39 is 0 Å². The van der Waals surface area contributed by atoms with Crippen molar-refractivity contribution in [2.45, 2.75) is 6.42 Å². The Morgan fingerprint density at radius 3 is 3.06 bits per heavy atom. The van der Waals surface area contributed by atoms with Crippen LogP contribution in [0.5, 0.6) is 5.75 Å². The van der Waals surface area contributed by atoms with Crippen molar-refractivity contribution < 1.29 is 14.3 Å². The number of anilines is 2. The van der Waals surface area contributed by atoms with E-state index in [9.17, 15) is 4.79 Å². The second-order valence-electron chi connectivity index (χ2n) is 8.40. The molecule has 1 amide bonds. The molecule has 1 aliphatic rings. The fourth-order valence-electron chi connectivity index (χ4n) is 4.39. The molecule has 34 heavy (non-hydrogen) atoms. The van der Waals surface area contributed by atoms with Crippen molar-refractivity contribution in [2.24, 2.45) is 5.92 Å². The molecule has 8 heteroatoms. The highest BCUT2D eigenvalue weighted by molar-refractivity contribution is 5.99. The number of amides is 1. The molecule has 1 saturated heterocycles. The molecule has 2 aromatic carbocycles. The summed E-state index contributed by atoms with van der Waals surface area (Å²) in [5, 5.41) is 11.6. The first-order valence-electron chi connectivity index (χ1n) is 11.4. The monoisotopic (exact) mass is 457 g/mol. The number of carbonyl (C=O) groups excluding carboxylic acids is 1. The summed E-state index contributed by atoms with van der Waals surface area (Å²) in [6, 6.07) is 17.3. The number of ether oxygens (including phenoxy) is 2. The van der Waals surface area contributed by atoms with E-state index in [2.05, 4.69) is 26.6 Å². The summed E-state index contributed by atoms with van der Waals surface area (Å²) < 4.78 is 11.2. The normalized spacial score (nSPS) is 16.3. The number of carbonyl (C=O) groups is 1. The van der Waals surface area contributed by atoms with Gasteiger partial charge in [-0.2, -0.15) is 5.10 Å². The van der Waals surface area contributed by atoms with Crippen LogP contribution in [0.2, 0.25) is 0 Å². The number of aromatic amines is 1. The number of pyridine rings is 1. The van der Waals surface area contributed by atoms with E-state index in [1.54, 1.807) is 19.4 Å². The van der Waals surface area contributed by atoms with Crippen LogP contribution >= 0.6 is 0 Å². The van der Waals surface area contributed by atoms with Crippen molar-refractivity contribution in [1.29, 1.82) is 0 Å². The van der Waals surface area contributed by atoms with E-state index >= 15 is 0 Å². The highest BCUT2D eigenvalue weighted by atomic mass is 16.5. The van der Waals surface area contributed by atoms with Gasteiger partial charge in [-0.25, -0.2) is 4.98 Å². The zero-order chi connectivity index (χ0) is 23.3. The van der Waals surface area contributed by atoms with Crippen molar-refractivity contribution in [2.75, 3.05) is 38.7 Å². The number of hydrogen-bond donors (Lipinski definition) is 2. The molecule has 5 rings (SSSR count). The Bertz CT molecular complexity index is 1290. The summed E-state index contributed by atoms with van der Waals surface area (Å²) in [6.07, 6.45) is 4.35. The van der Waals surface area contributed by atoms with E-state index in [0.29, 0.717) is 37.7 Å². The quantitative estimate of drug-likeness (QED) is 0.454. The number of hydrogen-bond acceptors (Lipinski definition) is 6. The van der Waals surface area contributed by atoms with Gasteiger partial charge in [0.25, 0.3) is 5.91 Å². The van der Waals surface area contributed by atoms with Gasteiger partial charge < -0.3 is 19.7 Å². The zero-order valence-corrected chi connectivity index (χ0v) is 19.0. The minimum Gasteiger partial charge on any atom is -0.497 e. The average Bonchev–Trinajstić information content (AvgIpc) is 3.24. The predicted octanol–water partition coefficient (Wildman–Crippen LogP) is 4.04. The molecule has 0 bridgehead atoms. The Morgan fingerprint density at radius 1 is 1.24 bits per heavy atom. The van der Waals surface area contributed by atoms with Gasteiger partial charge in [0, 0.05) is 42.3 Å². The number of H-pyrrole nitrogens is 1. The highest BCUT2D eigenvalue weighted by Gasteiger charge is 2.26. The van der Waals surface area contributed by atoms with Gasteiger partial charge in [-0.1, -0.05) is 18.2 Å². The fraction of sp³-hybridized carbons (Fsp3) is 0.269. The molecule has 8 nitrogen and oxygen atoms in total. The lowest BCUT2D eigenvalue weighted by molar-refractivity contribution is 0.0738. The number of aromatic nitrogens is 3. The van der Waals surface area contributed by atoms with Crippen LogP contribution in [-0.4, -0.2) is 59.4 Å². The lowest BCUT2D eigenvalue weighted by Gasteiger charge is -2.25. The van der Waals surface area contributed by atoms with Crippen molar-refractivity contribution in [3.63, 3.8) is 0 Å². The van der Waals surface area contributed by atoms with E-state index in [4.69, 9.17) is 9.47 Å². The van der Waals surface area contributed by atoms with Gasteiger partial charge in [0.1, 0.15) is 11.6 Å². The van der Waals surface area contributed by atoms with E-state index in [1.807, 2.05) is 53.6 Å². The Morgan fingerprint density at radius 2 is 2.15 bits per heavy atom. The molecule has 2 N–H and O–H groups in total. The van der Waals surface area contributed by atoms with Crippen LogP contribution in [0.25, 0.3) is 10.9 Å². The third kappa shape index (κ3) is 4.72. The number of nitrogens with one attached hydrogen (secondary N) is 2. The highest BCUT2D eigenvalue weighted by Crippen LogP contribution is 2.25. The summed E-state index contributed by atoms with van der Waals surface area (Å²) in [6.45, 7) is 2.27. The first-order valence-corrected chi connectivity index (χ1v) is 11.4. The summed E-state index contributed by atoms with van der Waals surface area (Å²) in [7, 11) is 1.62. The van der Waals surface area contributed by atoms with Crippen LogP contribution in [0.1, 0.15) is 15.9 Å². The standard InChI is InChI=1S/C26H27N5O3/c1-33-21-7-3-6-20(14-21)29-25-22(8-4-10-27-25)26(32)31-11-12-34-17-18(16-31)13-19-5-2-9-24-23(19)15-28-30-24/h2-10,14-15,18H,11-13,16-17H2,1H3,(H,27,29)(H,28,30)/t18-/m1/s1. The first kappa shape index (κ1) is 21.9. The number of fused-ring (bicyclic) bond motifs is 1. The molecule has 1 atom stereocenters. The molecule has 0 unspecified atom stereocenters. The van der Waals surface area contributed by atoms with Crippen LogP contribution in [0, 0.1) is 5.92 Å². The molecule has 0 spiro atoms. The Labute approximate surface area is 197 Å². The minimum atomic E-state index is -0.0597. The molecule has 3 heterocycles. The van der Waals surface area contributed by atoms with Crippen LogP contribution in [0.15, 0.2) is 67.0 Å². The van der Waals surface area contributed by atoms with Crippen molar-refractivity contribution >= 4 is 28.3 Å². The van der Waals surface area contributed by atoms with Gasteiger partial charge in [0.05, 0.1) is 37.6 Å². The van der Waals surface area contributed by atoms with Crippen molar-refractivity contribution in [3.8, 4) is 5.75 Å². The Kier molecular flexibility index (Phi) is 6.40. The van der Waals surface area contributed by atoms with Crippen LogP contribution < -0.4 is 10.1 Å². The van der Waals surface area contributed by atoms with Crippen LogP contribution in [-0.2, 0) is 11.2 Å². The third-order valence-electron chi connectivity index (χ3n) is 6.08. The van der Waals surface area contributed by atoms with Gasteiger partial charge in [-0.05, 0) is 42.3 Å². The van der Waals surface area contributed by atoms with Gasteiger partial charge in [-0.15, -0.1) is 0 Å². The zero-order valence-electron chi connectivity index (χ0n) is 19.0. The fourth-order valence-corrected chi connectivity index (χ4v) is 4.39. The molecular formula is C26H27N5O3. The smallest absolute Gasteiger partial charge is 0.257 e. The number of methoxy groups -OCH3 is 1. The summed E-state index contributed by atoms with van der Waals surface area (Å²) in [5.41, 5.74) is 3.56. The summed E-state index contributed by atoms with van der Waals surface area (Å²) in [4.78, 5) is 19.9. The van der Waals surface area contributed by atoms with Crippen LogP contribution in [0.4, 0.5) is 11.5 Å². The molecule has 1 aliphatic heterocycles.